The average molecular weight is 236 g/mol. The van der Waals surface area contributed by atoms with Gasteiger partial charge in [-0.25, -0.2) is 0 Å². The maximum Gasteiger partial charge on any atom is 0.279 e. The topological polar surface area (TPSA) is 69.6 Å². The van der Waals surface area contributed by atoms with Gasteiger partial charge in [0.1, 0.15) is 0 Å². The zero-order chi connectivity index (χ0) is 11.3. The molecule has 1 rings (SSSR count). The Morgan fingerprint density at radius 2 is 1.80 bits per heavy atom. The van der Waals surface area contributed by atoms with Crippen molar-refractivity contribution in [2.45, 2.75) is 38.6 Å². The molecular formula is C9H20N2O3S. The third-order valence-corrected chi connectivity index (χ3v) is 4.27. The van der Waals surface area contributed by atoms with Gasteiger partial charge in [-0.1, -0.05) is 12.8 Å². The van der Waals surface area contributed by atoms with Gasteiger partial charge in [0.15, 0.2) is 0 Å². The van der Waals surface area contributed by atoms with Crippen molar-refractivity contribution in [3.05, 3.63) is 0 Å². The highest BCUT2D eigenvalue weighted by molar-refractivity contribution is 7.87. The molecule has 0 spiro atoms. The smallest absolute Gasteiger partial charge is 0.279 e. The fourth-order valence-corrected chi connectivity index (χ4v) is 3.12. The highest BCUT2D eigenvalue weighted by Gasteiger charge is 2.23. The number of hydrogen-bond donors (Lipinski definition) is 2. The van der Waals surface area contributed by atoms with E-state index < -0.39 is 16.3 Å². The molecule has 0 aromatic heterocycles. The molecule has 90 valence electrons. The SMILES string of the molecule is C[C@H](CO)NS(=O)(=O)N1CCCCCC1. The minimum atomic E-state index is -3.39. The van der Waals surface area contributed by atoms with Crippen LogP contribution in [0, 0.1) is 0 Å². The number of nitrogens with one attached hydrogen (secondary N) is 1. The van der Waals surface area contributed by atoms with Crippen LogP contribution in [0.4, 0.5) is 0 Å². The van der Waals surface area contributed by atoms with Gasteiger partial charge in [0.2, 0.25) is 0 Å². The van der Waals surface area contributed by atoms with Crippen LogP contribution in [0.15, 0.2) is 0 Å². The van der Waals surface area contributed by atoms with E-state index in [1.54, 1.807) is 6.92 Å². The molecule has 1 aliphatic rings. The van der Waals surface area contributed by atoms with E-state index in [0.29, 0.717) is 13.1 Å². The Balaban J connectivity index is 2.58. The first-order valence-electron chi connectivity index (χ1n) is 5.44. The summed E-state index contributed by atoms with van der Waals surface area (Å²) in [6, 6.07) is -0.418. The van der Waals surface area contributed by atoms with E-state index >= 15 is 0 Å². The molecule has 0 aromatic rings. The van der Waals surface area contributed by atoms with Crippen molar-refractivity contribution >= 4 is 10.2 Å². The Morgan fingerprint density at radius 3 is 2.27 bits per heavy atom. The normalized spacial score (nSPS) is 22.3. The summed E-state index contributed by atoms with van der Waals surface area (Å²) < 4.78 is 27.6. The monoisotopic (exact) mass is 236 g/mol. The van der Waals surface area contributed by atoms with Crippen LogP contribution in [-0.4, -0.2) is 43.6 Å². The number of rotatable bonds is 4. The van der Waals surface area contributed by atoms with Crippen LogP contribution in [0.25, 0.3) is 0 Å². The van der Waals surface area contributed by atoms with Crippen molar-refractivity contribution in [1.82, 2.24) is 9.03 Å². The fourth-order valence-electron chi connectivity index (χ4n) is 1.65. The predicted octanol–water partition coefficient (Wildman–Crippen LogP) is 0.0776. The molecule has 1 fully saturated rings. The quantitative estimate of drug-likeness (QED) is 0.726. The molecule has 0 aliphatic carbocycles. The Morgan fingerprint density at radius 1 is 1.27 bits per heavy atom. The molecule has 1 aliphatic heterocycles. The summed E-state index contributed by atoms with van der Waals surface area (Å²) in [6.45, 7) is 2.66. The van der Waals surface area contributed by atoms with Crippen LogP contribution >= 0.6 is 0 Å². The molecule has 0 aromatic carbocycles. The molecule has 0 unspecified atom stereocenters. The van der Waals surface area contributed by atoms with Crippen molar-refractivity contribution in [3.63, 3.8) is 0 Å². The molecular weight excluding hydrogens is 216 g/mol. The van der Waals surface area contributed by atoms with Gasteiger partial charge < -0.3 is 5.11 Å². The van der Waals surface area contributed by atoms with Crippen molar-refractivity contribution in [3.8, 4) is 0 Å². The first kappa shape index (κ1) is 12.9. The molecule has 5 nitrogen and oxygen atoms in total. The summed E-state index contributed by atoms with van der Waals surface area (Å²) in [5.74, 6) is 0. The van der Waals surface area contributed by atoms with Gasteiger partial charge in [-0.2, -0.15) is 17.4 Å². The lowest BCUT2D eigenvalue weighted by atomic mass is 10.2. The summed E-state index contributed by atoms with van der Waals surface area (Å²) in [4.78, 5) is 0. The molecule has 2 N–H and O–H groups in total. The van der Waals surface area contributed by atoms with Gasteiger partial charge in [-0.05, 0) is 19.8 Å². The Labute approximate surface area is 91.7 Å². The summed E-state index contributed by atoms with van der Waals surface area (Å²) in [5, 5.41) is 8.81. The minimum absolute atomic E-state index is 0.174. The number of aliphatic hydroxyl groups is 1. The van der Waals surface area contributed by atoms with Crippen LogP contribution in [-0.2, 0) is 10.2 Å². The van der Waals surface area contributed by atoms with Crippen molar-refractivity contribution < 1.29 is 13.5 Å². The Hall–Kier alpha value is -0.170. The van der Waals surface area contributed by atoms with Crippen molar-refractivity contribution in [2.75, 3.05) is 19.7 Å². The lowest BCUT2D eigenvalue weighted by molar-refractivity contribution is 0.262. The third kappa shape index (κ3) is 4.06. The molecule has 0 radical (unpaired) electrons. The molecule has 0 amide bonds. The van der Waals surface area contributed by atoms with Gasteiger partial charge >= 0.3 is 0 Å². The maximum absolute atomic E-state index is 11.8. The van der Waals surface area contributed by atoms with Crippen LogP contribution in [0.2, 0.25) is 0 Å². The molecule has 1 saturated heterocycles. The molecule has 0 bridgehead atoms. The van der Waals surface area contributed by atoms with E-state index in [-0.39, 0.29) is 6.61 Å². The molecule has 0 saturated carbocycles. The second-order valence-corrected chi connectivity index (χ2v) is 5.72. The summed E-state index contributed by atoms with van der Waals surface area (Å²) in [6.07, 6.45) is 4.05. The predicted molar refractivity (Wildman–Crippen MR) is 58.6 cm³/mol. The molecule has 1 heterocycles. The van der Waals surface area contributed by atoms with Crippen LogP contribution in [0.5, 0.6) is 0 Å². The third-order valence-electron chi connectivity index (χ3n) is 2.53. The summed E-state index contributed by atoms with van der Waals surface area (Å²) in [5.41, 5.74) is 0. The van der Waals surface area contributed by atoms with Crippen molar-refractivity contribution in [2.24, 2.45) is 0 Å². The zero-order valence-electron chi connectivity index (χ0n) is 9.15. The number of hydrogen-bond acceptors (Lipinski definition) is 3. The molecule has 15 heavy (non-hydrogen) atoms. The minimum Gasteiger partial charge on any atom is -0.395 e. The zero-order valence-corrected chi connectivity index (χ0v) is 9.96. The summed E-state index contributed by atoms with van der Waals surface area (Å²) in [7, 11) is -3.39. The maximum atomic E-state index is 11.8. The van der Waals surface area contributed by atoms with Crippen LogP contribution in [0.3, 0.4) is 0 Å². The van der Waals surface area contributed by atoms with E-state index in [1.807, 2.05) is 0 Å². The first-order chi connectivity index (χ1) is 7.06. The van der Waals surface area contributed by atoms with E-state index in [2.05, 4.69) is 4.72 Å². The van der Waals surface area contributed by atoms with E-state index in [1.165, 1.54) is 4.31 Å². The second kappa shape index (κ2) is 5.79. The van der Waals surface area contributed by atoms with Crippen molar-refractivity contribution in [1.29, 1.82) is 0 Å². The Kier molecular flexibility index (Phi) is 4.98. The first-order valence-corrected chi connectivity index (χ1v) is 6.88. The van der Waals surface area contributed by atoms with Gasteiger partial charge in [-0.3, -0.25) is 0 Å². The van der Waals surface area contributed by atoms with E-state index in [9.17, 15) is 8.42 Å². The number of aliphatic hydroxyl groups excluding tert-OH is 1. The lowest BCUT2D eigenvalue weighted by Gasteiger charge is -2.22. The standard InChI is InChI=1S/C9H20N2O3S/c1-9(8-12)10-15(13,14)11-6-4-2-3-5-7-11/h9-10,12H,2-8H2,1H3/t9-/m1/s1. The second-order valence-electron chi connectivity index (χ2n) is 4.02. The van der Waals surface area contributed by atoms with Gasteiger partial charge in [0.25, 0.3) is 10.2 Å². The largest absolute Gasteiger partial charge is 0.395 e. The van der Waals surface area contributed by atoms with Crippen LogP contribution < -0.4 is 4.72 Å². The van der Waals surface area contributed by atoms with E-state index in [4.69, 9.17) is 5.11 Å². The van der Waals surface area contributed by atoms with E-state index in [0.717, 1.165) is 25.7 Å². The highest BCUT2D eigenvalue weighted by atomic mass is 32.2. The van der Waals surface area contributed by atoms with Gasteiger partial charge in [0, 0.05) is 19.1 Å². The average Bonchev–Trinajstić information content (AvgIpc) is 2.45. The molecule has 1 atom stereocenters. The van der Waals surface area contributed by atoms with Crippen LogP contribution in [0.1, 0.15) is 32.6 Å². The fraction of sp³-hybridized carbons (Fsp3) is 1.00. The van der Waals surface area contributed by atoms with Gasteiger partial charge in [-0.15, -0.1) is 0 Å². The number of nitrogens with zero attached hydrogens (tertiary/aromatic N) is 1. The lowest BCUT2D eigenvalue weighted by Crippen LogP contribution is -2.45. The highest BCUT2D eigenvalue weighted by Crippen LogP contribution is 2.12. The summed E-state index contributed by atoms with van der Waals surface area (Å²) >= 11 is 0. The van der Waals surface area contributed by atoms with Gasteiger partial charge in [0.05, 0.1) is 6.61 Å². The Bertz CT molecular complexity index is 271. The molecule has 6 heteroatoms.